The summed E-state index contributed by atoms with van der Waals surface area (Å²) in [5.74, 6) is -0.382. The standard InChI is InChI=1S/C19H26F5N3O3/c1-10-9-27(17(28)30-18(3,4)5)14(11(2)29-10)8-26-16-13(15(20)21)6-12(7-25-16)19(22,23)24/h6-7,10-11,14-15H,8-9H2,1-5H3,(H,25,26)/t10-,11+,14-/m1/s1. The monoisotopic (exact) mass is 439 g/mol. The van der Waals surface area contributed by atoms with Crippen molar-refractivity contribution >= 4 is 11.9 Å². The van der Waals surface area contributed by atoms with Gasteiger partial charge in [-0.15, -0.1) is 0 Å². The molecule has 0 bridgehead atoms. The van der Waals surface area contributed by atoms with Gasteiger partial charge < -0.3 is 14.8 Å². The molecule has 2 heterocycles. The van der Waals surface area contributed by atoms with Crippen molar-refractivity contribution in [3.05, 3.63) is 23.4 Å². The highest BCUT2D eigenvalue weighted by Crippen LogP contribution is 2.34. The number of hydrogen-bond donors (Lipinski definition) is 1. The van der Waals surface area contributed by atoms with Crippen LogP contribution in [0.2, 0.25) is 0 Å². The summed E-state index contributed by atoms with van der Waals surface area (Å²) in [5, 5.41) is 2.65. The molecule has 0 spiro atoms. The number of nitrogens with one attached hydrogen (secondary N) is 1. The molecule has 1 aromatic heterocycles. The minimum atomic E-state index is -4.79. The smallest absolute Gasteiger partial charge is 0.417 e. The normalized spacial score (nSPS) is 22.9. The van der Waals surface area contributed by atoms with E-state index in [2.05, 4.69) is 10.3 Å². The maximum absolute atomic E-state index is 13.3. The fourth-order valence-electron chi connectivity index (χ4n) is 3.12. The number of carbonyl (C=O) groups is 1. The lowest BCUT2D eigenvalue weighted by atomic mass is 10.1. The van der Waals surface area contributed by atoms with Crippen molar-refractivity contribution in [3.63, 3.8) is 0 Å². The van der Waals surface area contributed by atoms with Gasteiger partial charge >= 0.3 is 12.3 Å². The molecule has 1 N–H and O–H groups in total. The molecule has 2 rings (SSSR count). The van der Waals surface area contributed by atoms with Crippen LogP contribution in [0.3, 0.4) is 0 Å². The second-order valence-electron chi connectivity index (χ2n) is 8.19. The zero-order valence-electron chi connectivity index (χ0n) is 17.4. The fraction of sp³-hybridized carbons (Fsp3) is 0.684. The van der Waals surface area contributed by atoms with Crippen LogP contribution in [0.1, 0.15) is 52.2 Å². The summed E-state index contributed by atoms with van der Waals surface area (Å²) in [6, 6.07) is -0.236. The number of rotatable bonds is 4. The number of amides is 1. The molecule has 0 aromatic carbocycles. The zero-order valence-corrected chi connectivity index (χ0v) is 17.4. The van der Waals surface area contributed by atoms with Crippen LogP contribution in [0, 0.1) is 0 Å². The van der Waals surface area contributed by atoms with Crippen LogP contribution < -0.4 is 5.32 Å². The Bertz CT molecular complexity index is 752. The first-order valence-electron chi connectivity index (χ1n) is 9.43. The second-order valence-corrected chi connectivity index (χ2v) is 8.19. The van der Waals surface area contributed by atoms with Crippen molar-refractivity contribution in [2.45, 2.75) is 71.1 Å². The van der Waals surface area contributed by atoms with Gasteiger partial charge in [-0.25, -0.2) is 18.6 Å². The lowest BCUT2D eigenvalue weighted by molar-refractivity contribution is -0.137. The van der Waals surface area contributed by atoms with Gasteiger partial charge in [0.25, 0.3) is 6.43 Å². The lowest BCUT2D eigenvalue weighted by Gasteiger charge is -2.43. The SMILES string of the molecule is C[C@@H]1CN(C(=O)OC(C)(C)C)[C@H](CNc2ncc(C(F)(F)F)cc2C(F)F)[C@H](C)O1. The molecule has 0 radical (unpaired) electrons. The lowest BCUT2D eigenvalue weighted by Crippen LogP contribution is -2.58. The van der Waals surface area contributed by atoms with Crippen molar-refractivity contribution in [3.8, 4) is 0 Å². The number of pyridine rings is 1. The number of hydrogen-bond acceptors (Lipinski definition) is 5. The molecule has 11 heteroatoms. The van der Waals surface area contributed by atoms with Gasteiger partial charge in [0.2, 0.25) is 0 Å². The van der Waals surface area contributed by atoms with Gasteiger partial charge in [-0.3, -0.25) is 4.90 Å². The van der Waals surface area contributed by atoms with E-state index in [-0.39, 0.29) is 25.0 Å². The third-order valence-electron chi connectivity index (χ3n) is 4.43. The minimum Gasteiger partial charge on any atom is -0.444 e. The Balaban J connectivity index is 2.23. The molecule has 1 aliphatic heterocycles. The molecule has 6 nitrogen and oxygen atoms in total. The minimum absolute atomic E-state index is 0.0643. The van der Waals surface area contributed by atoms with E-state index in [0.717, 1.165) is 0 Å². The van der Waals surface area contributed by atoms with E-state index in [1.807, 2.05) is 0 Å². The van der Waals surface area contributed by atoms with E-state index in [9.17, 15) is 26.7 Å². The molecule has 170 valence electrons. The summed E-state index contributed by atoms with van der Waals surface area (Å²) in [5.41, 5.74) is -2.87. The summed E-state index contributed by atoms with van der Waals surface area (Å²) < 4.78 is 76.3. The van der Waals surface area contributed by atoms with Gasteiger partial charge in [0.05, 0.1) is 35.9 Å². The first-order chi connectivity index (χ1) is 13.7. The van der Waals surface area contributed by atoms with Crippen LogP contribution >= 0.6 is 0 Å². The highest BCUT2D eigenvalue weighted by atomic mass is 19.4. The molecule has 1 saturated heterocycles. The number of nitrogens with zero attached hydrogens (tertiary/aromatic N) is 2. The molecule has 1 aliphatic rings. The maximum Gasteiger partial charge on any atom is 0.417 e. The fourth-order valence-corrected chi connectivity index (χ4v) is 3.12. The van der Waals surface area contributed by atoms with Gasteiger partial charge in [0.1, 0.15) is 11.4 Å². The number of aromatic nitrogens is 1. The summed E-state index contributed by atoms with van der Waals surface area (Å²) in [6.45, 7) is 8.79. The van der Waals surface area contributed by atoms with E-state index in [1.54, 1.807) is 34.6 Å². The van der Waals surface area contributed by atoms with E-state index in [4.69, 9.17) is 9.47 Å². The maximum atomic E-state index is 13.3. The summed E-state index contributed by atoms with van der Waals surface area (Å²) in [6.07, 6.45) is -8.80. The van der Waals surface area contributed by atoms with Gasteiger partial charge in [0, 0.05) is 12.7 Å². The molecule has 30 heavy (non-hydrogen) atoms. The van der Waals surface area contributed by atoms with Gasteiger partial charge in [0.15, 0.2) is 0 Å². The Morgan fingerprint density at radius 2 is 1.97 bits per heavy atom. The van der Waals surface area contributed by atoms with Gasteiger partial charge in [-0.05, 0) is 40.7 Å². The number of ether oxygens (including phenoxy) is 2. The molecule has 1 aromatic rings. The van der Waals surface area contributed by atoms with E-state index in [1.165, 1.54) is 4.90 Å². The number of carbonyl (C=O) groups excluding carboxylic acids is 1. The Hall–Kier alpha value is -2.17. The summed E-state index contributed by atoms with van der Waals surface area (Å²) in [7, 11) is 0. The molecular weight excluding hydrogens is 413 g/mol. The van der Waals surface area contributed by atoms with Crippen molar-refractivity contribution < 1.29 is 36.2 Å². The van der Waals surface area contributed by atoms with Gasteiger partial charge in [-0.1, -0.05) is 0 Å². The predicted octanol–water partition coefficient (Wildman–Crippen LogP) is 4.86. The van der Waals surface area contributed by atoms with Crippen LogP contribution in [0.4, 0.5) is 32.6 Å². The largest absolute Gasteiger partial charge is 0.444 e. The Kier molecular flexibility index (Phi) is 7.16. The van der Waals surface area contributed by atoms with Crippen LogP contribution in [0.5, 0.6) is 0 Å². The molecule has 0 aliphatic carbocycles. The Morgan fingerprint density at radius 3 is 2.50 bits per heavy atom. The van der Waals surface area contributed by atoms with Crippen molar-refractivity contribution in [2.24, 2.45) is 0 Å². The molecule has 3 atom stereocenters. The van der Waals surface area contributed by atoms with E-state index < -0.39 is 47.6 Å². The first-order valence-corrected chi connectivity index (χ1v) is 9.43. The second kappa shape index (κ2) is 8.91. The third kappa shape index (κ3) is 6.16. The number of alkyl halides is 5. The Morgan fingerprint density at radius 1 is 1.33 bits per heavy atom. The highest BCUT2D eigenvalue weighted by molar-refractivity contribution is 5.69. The zero-order chi connectivity index (χ0) is 22.9. The third-order valence-corrected chi connectivity index (χ3v) is 4.43. The van der Waals surface area contributed by atoms with Crippen LogP contribution in [0.25, 0.3) is 0 Å². The van der Waals surface area contributed by atoms with Crippen molar-refractivity contribution in [2.75, 3.05) is 18.4 Å². The number of anilines is 1. The predicted molar refractivity (Wildman–Crippen MR) is 99.4 cm³/mol. The van der Waals surface area contributed by atoms with Crippen LogP contribution in [-0.4, -0.2) is 52.9 Å². The molecule has 0 saturated carbocycles. The molecule has 1 fully saturated rings. The summed E-state index contributed by atoms with van der Waals surface area (Å²) >= 11 is 0. The average Bonchev–Trinajstić information content (AvgIpc) is 2.57. The van der Waals surface area contributed by atoms with E-state index in [0.29, 0.717) is 12.3 Å². The van der Waals surface area contributed by atoms with Crippen LogP contribution in [-0.2, 0) is 15.7 Å². The van der Waals surface area contributed by atoms with E-state index >= 15 is 0 Å². The molecular formula is C19H26F5N3O3. The van der Waals surface area contributed by atoms with Gasteiger partial charge in [-0.2, -0.15) is 13.2 Å². The highest BCUT2D eigenvalue weighted by Gasteiger charge is 2.38. The summed E-state index contributed by atoms with van der Waals surface area (Å²) in [4.78, 5) is 17.6. The topological polar surface area (TPSA) is 63.7 Å². The Labute approximate surface area is 171 Å². The molecule has 0 unspecified atom stereocenters. The first kappa shape index (κ1) is 24.1. The van der Waals surface area contributed by atoms with Crippen molar-refractivity contribution in [1.82, 2.24) is 9.88 Å². The average molecular weight is 439 g/mol. The number of morpholine rings is 1. The van der Waals surface area contributed by atoms with Crippen LogP contribution in [0.15, 0.2) is 12.3 Å². The van der Waals surface area contributed by atoms with Crippen molar-refractivity contribution in [1.29, 1.82) is 0 Å². The molecule has 1 amide bonds. The quantitative estimate of drug-likeness (QED) is 0.679. The number of halogens is 5.